The molecule has 1 aliphatic rings. The molecule has 0 saturated heterocycles. The highest BCUT2D eigenvalue weighted by Crippen LogP contribution is 2.24. The molecule has 0 aromatic heterocycles. The van der Waals surface area contributed by atoms with E-state index < -0.39 is 6.04 Å². The van der Waals surface area contributed by atoms with Crippen molar-refractivity contribution in [3.63, 3.8) is 0 Å². The van der Waals surface area contributed by atoms with E-state index in [9.17, 15) is 9.59 Å². The van der Waals surface area contributed by atoms with Crippen LogP contribution in [-0.4, -0.2) is 36.9 Å². The Morgan fingerprint density at radius 1 is 1.50 bits per heavy atom. The number of Topliss-reactive ketones (excluding diaryl/α,β-unsaturated/α-hetero) is 1. The van der Waals surface area contributed by atoms with Gasteiger partial charge in [0, 0.05) is 18.8 Å². The van der Waals surface area contributed by atoms with Gasteiger partial charge >= 0.3 is 5.97 Å². The number of allylic oxidation sites excluding steroid dienone is 1. The fourth-order valence-electron chi connectivity index (χ4n) is 2.39. The first-order chi connectivity index (χ1) is 10.3. The molecule has 0 fully saturated rings. The van der Waals surface area contributed by atoms with Crippen molar-refractivity contribution in [3.05, 3.63) is 12.7 Å². The first kappa shape index (κ1) is 18.4. The maximum Gasteiger partial charge on any atom is 0.334 e. The quantitative estimate of drug-likeness (QED) is 0.511. The highest BCUT2D eigenvalue weighted by atomic mass is 16.5. The predicted octanol–water partition coefficient (Wildman–Crippen LogP) is 2.93. The van der Waals surface area contributed by atoms with Gasteiger partial charge in [-0.2, -0.15) is 0 Å². The van der Waals surface area contributed by atoms with Gasteiger partial charge in [0.15, 0.2) is 11.9 Å². The normalized spacial score (nSPS) is 19.1. The van der Waals surface area contributed by atoms with E-state index in [-0.39, 0.29) is 29.7 Å². The zero-order valence-electron chi connectivity index (χ0n) is 14.1. The third-order valence-electron chi connectivity index (χ3n) is 3.23. The largest absolute Gasteiger partial charge is 0.478 e. The molecule has 0 N–H and O–H groups in total. The van der Waals surface area contributed by atoms with Gasteiger partial charge in [-0.25, -0.2) is 9.79 Å². The molecule has 0 spiro atoms. The average molecular weight is 309 g/mol. The van der Waals surface area contributed by atoms with Gasteiger partial charge in [-0.05, 0) is 18.8 Å². The van der Waals surface area contributed by atoms with Crippen molar-refractivity contribution < 1.29 is 19.1 Å². The van der Waals surface area contributed by atoms with E-state index in [0.29, 0.717) is 31.8 Å². The summed E-state index contributed by atoms with van der Waals surface area (Å²) in [6.45, 7) is 12.1. The Hall–Kier alpha value is -1.65. The number of ether oxygens (including phenoxy) is 2. The lowest BCUT2D eigenvalue weighted by atomic mass is 9.86. The maximum atomic E-state index is 12.2. The molecule has 1 rings (SSSR count). The van der Waals surface area contributed by atoms with Gasteiger partial charge in [-0.15, -0.1) is 6.58 Å². The number of ketones is 1. The number of nitrogens with zero attached hydrogens (tertiary/aromatic N) is 1. The van der Waals surface area contributed by atoms with E-state index in [1.54, 1.807) is 13.0 Å². The van der Waals surface area contributed by atoms with Crippen molar-refractivity contribution in [1.29, 1.82) is 0 Å². The Balaban J connectivity index is 2.71. The zero-order valence-corrected chi connectivity index (χ0v) is 14.1. The van der Waals surface area contributed by atoms with Gasteiger partial charge in [0.1, 0.15) is 12.4 Å². The summed E-state index contributed by atoms with van der Waals surface area (Å²) in [6.07, 6.45) is 3.22. The highest BCUT2D eigenvalue weighted by Gasteiger charge is 2.32. The fourth-order valence-corrected chi connectivity index (χ4v) is 2.39. The summed E-state index contributed by atoms with van der Waals surface area (Å²) in [4.78, 5) is 28.2. The molecule has 0 aliphatic carbocycles. The van der Waals surface area contributed by atoms with Crippen LogP contribution in [0, 0.1) is 11.3 Å². The minimum Gasteiger partial charge on any atom is -0.478 e. The van der Waals surface area contributed by atoms with Gasteiger partial charge in [-0.3, -0.25) is 4.79 Å². The molecule has 22 heavy (non-hydrogen) atoms. The second-order valence-corrected chi connectivity index (χ2v) is 6.75. The van der Waals surface area contributed by atoms with E-state index >= 15 is 0 Å². The summed E-state index contributed by atoms with van der Waals surface area (Å²) >= 11 is 0. The molecule has 0 amide bonds. The Kier molecular flexibility index (Phi) is 6.78. The third-order valence-corrected chi connectivity index (χ3v) is 3.23. The van der Waals surface area contributed by atoms with Crippen LogP contribution in [0.4, 0.5) is 0 Å². The van der Waals surface area contributed by atoms with E-state index in [2.05, 4.69) is 11.6 Å². The lowest BCUT2D eigenvalue weighted by Crippen LogP contribution is -2.22. The van der Waals surface area contributed by atoms with E-state index in [1.807, 2.05) is 20.8 Å². The zero-order chi connectivity index (χ0) is 16.8. The summed E-state index contributed by atoms with van der Waals surface area (Å²) in [5.41, 5.74) is -0.0401. The molecule has 5 nitrogen and oxygen atoms in total. The summed E-state index contributed by atoms with van der Waals surface area (Å²) in [6, 6.07) is -0.611. The SMILES string of the molecule is C=CC[C@H](CC(=O)CC(C)(C)C)C1=N[C@H](C(=O)OCC)CO1. The van der Waals surface area contributed by atoms with Crippen LogP contribution >= 0.6 is 0 Å². The second kappa shape index (κ2) is 8.11. The number of hydrogen-bond acceptors (Lipinski definition) is 5. The molecule has 0 bridgehead atoms. The number of esters is 1. The van der Waals surface area contributed by atoms with Gasteiger partial charge in [0.05, 0.1) is 6.61 Å². The van der Waals surface area contributed by atoms with Gasteiger partial charge < -0.3 is 9.47 Å². The number of aliphatic imine (C=N–C) groups is 1. The van der Waals surface area contributed by atoms with E-state index in [1.165, 1.54) is 0 Å². The Labute approximate surface area is 132 Å². The average Bonchev–Trinajstić information content (AvgIpc) is 2.85. The monoisotopic (exact) mass is 309 g/mol. The second-order valence-electron chi connectivity index (χ2n) is 6.75. The Bertz CT molecular complexity index is 448. The van der Waals surface area contributed by atoms with E-state index in [0.717, 1.165) is 0 Å². The summed E-state index contributed by atoms with van der Waals surface area (Å²) in [7, 11) is 0. The van der Waals surface area contributed by atoms with Crippen molar-refractivity contribution in [1.82, 2.24) is 0 Å². The standard InChI is InChI=1S/C17H27NO4/c1-6-8-12(9-13(19)10-17(3,4)5)15-18-14(11-22-15)16(20)21-7-2/h6,12,14H,1,7-11H2,2-5H3/t12-,14+/m1/s1. The van der Waals surface area contributed by atoms with Crippen LogP contribution in [-0.2, 0) is 19.1 Å². The first-order valence-electron chi connectivity index (χ1n) is 7.76. The minimum atomic E-state index is -0.611. The van der Waals surface area contributed by atoms with Crippen LogP contribution in [0.1, 0.15) is 47.0 Å². The molecule has 0 aromatic carbocycles. The fraction of sp³-hybridized carbons (Fsp3) is 0.706. The van der Waals surface area contributed by atoms with Crippen molar-refractivity contribution in [3.8, 4) is 0 Å². The van der Waals surface area contributed by atoms with Crippen LogP contribution < -0.4 is 0 Å². The molecule has 0 unspecified atom stereocenters. The maximum absolute atomic E-state index is 12.2. The number of hydrogen-bond donors (Lipinski definition) is 0. The smallest absolute Gasteiger partial charge is 0.334 e. The van der Waals surface area contributed by atoms with Gasteiger partial charge in [0.25, 0.3) is 0 Å². The van der Waals surface area contributed by atoms with Crippen molar-refractivity contribution in [2.75, 3.05) is 13.2 Å². The van der Waals surface area contributed by atoms with Crippen molar-refractivity contribution in [2.45, 2.75) is 53.0 Å². The predicted molar refractivity (Wildman–Crippen MR) is 85.8 cm³/mol. The summed E-state index contributed by atoms with van der Waals surface area (Å²) in [5.74, 6) is 0.119. The first-order valence-corrected chi connectivity index (χ1v) is 7.76. The number of rotatable bonds is 8. The molecule has 0 radical (unpaired) electrons. The van der Waals surface area contributed by atoms with Crippen LogP contribution in [0.25, 0.3) is 0 Å². The van der Waals surface area contributed by atoms with Gasteiger partial charge in [0.2, 0.25) is 0 Å². The lowest BCUT2D eigenvalue weighted by molar-refractivity contribution is -0.144. The summed E-state index contributed by atoms with van der Waals surface area (Å²) in [5, 5.41) is 0. The van der Waals surface area contributed by atoms with Crippen LogP contribution in [0.2, 0.25) is 0 Å². The molecule has 1 heterocycles. The summed E-state index contributed by atoms with van der Waals surface area (Å²) < 4.78 is 10.5. The molecular weight excluding hydrogens is 282 g/mol. The molecular formula is C17H27NO4. The van der Waals surface area contributed by atoms with Gasteiger partial charge in [-0.1, -0.05) is 26.8 Å². The molecule has 1 aliphatic heterocycles. The topological polar surface area (TPSA) is 65.0 Å². The molecule has 124 valence electrons. The minimum absolute atomic E-state index is 0.0401. The molecule has 5 heteroatoms. The highest BCUT2D eigenvalue weighted by molar-refractivity contribution is 5.90. The van der Waals surface area contributed by atoms with Crippen LogP contribution in [0.15, 0.2) is 17.6 Å². The number of carbonyl (C=O) groups is 2. The molecule has 0 aromatic rings. The Morgan fingerprint density at radius 2 is 2.18 bits per heavy atom. The molecule has 0 saturated carbocycles. The van der Waals surface area contributed by atoms with Crippen LogP contribution in [0.5, 0.6) is 0 Å². The van der Waals surface area contributed by atoms with Crippen molar-refractivity contribution in [2.24, 2.45) is 16.3 Å². The lowest BCUT2D eigenvalue weighted by Gasteiger charge is -2.19. The van der Waals surface area contributed by atoms with Crippen LogP contribution in [0.3, 0.4) is 0 Å². The molecule has 2 atom stereocenters. The number of carbonyl (C=O) groups excluding carboxylic acids is 2. The van der Waals surface area contributed by atoms with E-state index in [4.69, 9.17) is 9.47 Å². The third kappa shape index (κ3) is 6.00. The Morgan fingerprint density at radius 3 is 2.73 bits per heavy atom. The van der Waals surface area contributed by atoms with Crippen molar-refractivity contribution >= 4 is 17.7 Å².